The molecule has 1 aromatic heterocycles. The van der Waals surface area contributed by atoms with Crippen molar-refractivity contribution in [2.24, 2.45) is 5.73 Å². The standard InChI is InChI=1S/C15H20N4O/c1-12-6-3-4-7-13(12)19(9-5-8-16)14-10-15(20-2)18-11-17-14/h3-4,6-7,10-11H,5,8-9,16H2,1-2H3. The van der Waals surface area contributed by atoms with Crippen LogP contribution >= 0.6 is 0 Å². The number of nitrogens with zero attached hydrogens (tertiary/aromatic N) is 3. The van der Waals surface area contributed by atoms with Gasteiger partial charge in [0.15, 0.2) is 0 Å². The minimum Gasteiger partial charge on any atom is -0.481 e. The van der Waals surface area contributed by atoms with Crippen molar-refractivity contribution in [3.8, 4) is 5.88 Å². The van der Waals surface area contributed by atoms with E-state index in [0.29, 0.717) is 12.4 Å². The summed E-state index contributed by atoms with van der Waals surface area (Å²) >= 11 is 0. The molecule has 0 radical (unpaired) electrons. The largest absolute Gasteiger partial charge is 0.481 e. The fourth-order valence-corrected chi connectivity index (χ4v) is 2.06. The van der Waals surface area contributed by atoms with Gasteiger partial charge in [0.25, 0.3) is 0 Å². The van der Waals surface area contributed by atoms with Gasteiger partial charge in [-0.2, -0.15) is 0 Å². The van der Waals surface area contributed by atoms with E-state index in [2.05, 4.69) is 33.9 Å². The number of benzene rings is 1. The first kappa shape index (κ1) is 14.3. The highest BCUT2D eigenvalue weighted by Gasteiger charge is 2.13. The van der Waals surface area contributed by atoms with Gasteiger partial charge < -0.3 is 15.4 Å². The first-order valence-corrected chi connectivity index (χ1v) is 6.65. The van der Waals surface area contributed by atoms with Crippen LogP contribution in [0.25, 0.3) is 0 Å². The second-order valence-corrected chi connectivity index (χ2v) is 4.50. The number of ether oxygens (including phenoxy) is 1. The van der Waals surface area contributed by atoms with Gasteiger partial charge >= 0.3 is 0 Å². The van der Waals surface area contributed by atoms with E-state index < -0.39 is 0 Å². The summed E-state index contributed by atoms with van der Waals surface area (Å²) in [6, 6.07) is 10.1. The predicted molar refractivity (Wildman–Crippen MR) is 80.4 cm³/mol. The molecule has 0 unspecified atom stereocenters. The summed E-state index contributed by atoms with van der Waals surface area (Å²) in [6.45, 7) is 3.54. The predicted octanol–water partition coefficient (Wildman–Crippen LogP) is 2.28. The Kier molecular flexibility index (Phi) is 4.90. The van der Waals surface area contributed by atoms with Crippen LogP contribution in [-0.4, -0.2) is 30.2 Å². The number of nitrogens with two attached hydrogens (primary N) is 1. The topological polar surface area (TPSA) is 64.3 Å². The Morgan fingerprint density at radius 3 is 2.75 bits per heavy atom. The maximum absolute atomic E-state index is 5.64. The number of aromatic nitrogens is 2. The minimum absolute atomic E-state index is 0.557. The zero-order valence-electron chi connectivity index (χ0n) is 11.9. The number of rotatable bonds is 6. The number of aryl methyl sites for hydroxylation is 1. The normalized spacial score (nSPS) is 10.3. The lowest BCUT2D eigenvalue weighted by atomic mass is 10.1. The van der Waals surface area contributed by atoms with Crippen LogP contribution in [0, 0.1) is 6.92 Å². The number of hydrogen-bond acceptors (Lipinski definition) is 5. The summed E-state index contributed by atoms with van der Waals surface area (Å²) in [5.74, 6) is 1.38. The Labute approximate surface area is 119 Å². The van der Waals surface area contributed by atoms with Gasteiger partial charge in [0, 0.05) is 18.3 Å². The molecular formula is C15H20N4O. The molecule has 0 saturated carbocycles. The lowest BCUT2D eigenvalue weighted by Gasteiger charge is -2.25. The first-order chi connectivity index (χ1) is 9.76. The van der Waals surface area contributed by atoms with Gasteiger partial charge in [-0.05, 0) is 31.5 Å². The van der Waals surface area contributed by atoms with Crippen LogP contribution in [0.1, 0.15) is 12.0 Å². The highest BCUT2D eigenvalue weighted by molar-refractivity contribution is 5.63. The van der Waals surface area contributed by atoms with E-state index in [-0.39, 0.29) is 0 Å². The maximum Gasteiger partial charge on any atom is 0.218 e. The highest BCUT2D eigenvalue weighted by Crippen LogP contribution is 2.28. The average molecular weight is 272 g/mol. The number of anilines is 2. The SMILES string of the molecule is COc1cc(N(CCCN)c2ccccc2C)ncn1. The molecule has 5 nitrogen and oxygen atoms in total. The van der Waals surface area contributed by atoms with Crippen molar-refractivity contribution in [2.75, 3.05) is 25.1 Å². The molecule has 0 atom stereocenters. The van der Waals surface area contributed by atoms with Gasteiger partial charge in [-0.1, -0.05) is 18.2 Å². The van der Waals surface area contributed by atoms with Crippen molar-refractivity contribution >= 4 is 11.5 Å². The third-order valence-corrected chi connectivity index (χ3v) is 3.11. The molecule has 20 heavy (non-hydrogen) atoms. The molecule has 0 saturated heterocycles. The summed E-state index contributed by atoms with van der Waals surface area (Å²) in [4.78, 5) is 10.5. The van der Waals surface area contributed by atoms with E-state index >= 15 is 0 Å². The molecule has 2 rings (SSSR count). The van der Waals surface area contributed by atoms with E-state index in [0.717, 1.165) is 24.5 Å². The smallest absolute Gasteiger partial charge is 0.218 e. The molecule has 0 bridgehead atoms. The number of methoxy groups -OCH3 is 1. The molecule has 1 heterocycles. The van der Waals surface area contributed by atoms with Crippen LogP contribution in [0.3, 0.4) is 0 Å². The third-order valence-electron chi connectivity index (χ3n) is 3.11. The maximum atomic E-state index is 5.64. The fourth-order valence-electron chi connectivity index (χ4n) is 2.06. The van der Waals surface area contributed by atoms with Crippen molar-refractivity contribution in [3.63, 3.8) is 0 Å². The molecule has 5 heteroatoms. The van der Waals surface area contributed by atoms with Crippen LogP contribution < -0.4 is 15.4 Å². The number of para-hydroxylation sites is 1. The molecule has 0 fully saturated rings. The van der Waals surface area contributed by atoms with E-state index in [4.69, 9.17) is 10.5 Å². The van der Waals surface area contributed by atoms with Crippen LogP contribution in [0.15, 0.2) is 36.7 Å². The molecule has 0 amide bonds. The van der Waals surface area contributed by atoms with Gasteiger partial charge in [0.05, 0.1) is 7.11 Å². The van der Waals surface area contributed by atoms with E-state index in [1.54, 1.807) is 7.11 Å². The summed E-state index contributed by atoms with van der Waals surface area (Å²) in [5, 5.41) is 0. The second-order valence-electron chi connectivity index (χ2n) is 4.50. The van der Waals surface area contributed by atoms with E-state index in [1.807, 2.05) is 18.2 Å². The summed E-state index contributed by atoms with van der Waals surface area (Å²) < 4.78 is 5.17. The first-order valence-electron chi connectivity index (χ1n) is 6.65. The molecule has 2 N–H and O–H groups in total. The Morgan fingerprint density at radius 1 is 1.25 bits per heavy atom. The molecule has 106 valence electrons. The molecule has 0 spiro atoms. The summed E-state index contributed by atoms with van der Waals surface area (Å²) in [6.07, 6.45) is 2.41. The zero-order chi connectivity index (χ0) is 14.4. The van der Waals surface area contributed by atoms with Crippen LogP contribution in [0.2, 0.25) is 0 Å². The molecule has 0 aliphatic heterocycles. The number of hydrogen-bond donors (Lipinski definition) is 1. The lowest BCUT2D eigenvalue weighted by Crippen LogP contribution is -2.22. The monoisotopic (exact) mass is 272 g/mol. The molecule has 0 aliphatic rings. The second kappa shape index (κ2) is 6.86. The summed E-state index contributed by atoms with van der Waals surface area (Å²) in [7, 11) is 1.60. The van der Waals surface area contributed by atoms with Gasteiger partial charge in [-0.3, -0.25) is 0 Å². The Balaban J connectivity index is 2.38. The molecule has 0 aliphatic carbocycles. The molecular weight excluding hydrogens is 252 g/mol. The Bertz CT molecular complexity index is 559. The van der Waals surface area contributed by atoms with Gasteiger partial charge in [0.2, 0.25) is 5.88 Å². The van der Waals surface area contributed by atoms with Crippen molar-refractivity contribution in [1.29, 1.82) is 0 Å². The van der Waals surface area contributed by atoms with Gasteiger partial charge in [-0.15, -0.1) is 0 Å². The average Bonchev–Trinajstić information content (AvgIpc) is 2.49. The van der Waals surface area contributed by atoms with Crippen molar-refractivity contribution in [3.05, 3.63) is 42.2 Å². The van der Waals surface area contributed by atoms with Crippen LogP contribution in [-0.2, 0) is 0 Å². The lowest BCUT2D eigenvalue weighted by molar-refractivity contribution is 0.397. The Morgan fingerprint density at radius 2 is 2.05 bits per heavy atom. The van der Waals surface area contributed by atoms with E-state index in [1.165, 1.54) is 11.9 Å². The third kappa shape index (κ3) is 3.24. The van der Waals surface area contributed by atoms with Crippen molar-refractivity contribution in [1.82, 2.24) is 9.97 Å². The van der Waals surface area contributed by atoms with E-state index in [9.17, 15) is 0 Å². The quantitative estimate of drug-likeness (QED) is 0.874. The van der Waals surface area contributed by atoms with Gasteiger partial charge in [-0.25, -0.2) is 9.97 Å². The van der Waals surface area contributed by atoms with Crippen LogP contribution in [0.4, 0.5) is 11.5 Å². The van der Waals surface area contributed by atoms with Crippen molar-refractivity contribution in [2.45, 2.75) is 13.3 Å². The molecule has 1 aromatic carbocycles. The fraction of sp³-hybridized carbons (Fsp3) is 0.333. The van der Waals surface area contributed by atoms with Crippen LogP contribution in [0.5, 0.6) is 5.88 Å². The molecule has 2 aromatic rings. The minimum atomic E-state index is 0.557. The Hall–Kier alpha value is -2.14. The summed E-state index contributed by atoms with van der Waals surface area (Å²) in [5.41, 5.74) is 7.97. The highest BCUT2D eigenvalue weighted by atomic mass is 16.5. The van der Waals surface area contributed by atoms with Crippen molar-refractivity contribution < 1.29 is 4.74 Å². The zero-order valence-corrected chi connectivity index (χ0v) is 11.9. The van der Waals surface area contributed by atoms with Gasteiger partial charge in [0.1, 0.15) is 12.1 Å².